The summed E-state index contributed by atoms with van der Waals surface area (Å²) in [6.45, 7) is 5.04. The molecule has 1 saturated heterocycles. The van der Waals surface area contributed by atoms with Crippen molar-refractivity contribution in [3.8, 4) is 11.3 Å². The molecule has 0 spiro atoms. The van der Waals surface area contributed by atoms with Crippen LogP contribution in [0.25, 0.3) is 11.3 Å². The van der Waals surface area contributed by atoms with Gasteiger partial charge < -0.3 is 9.80 Å². The van der Waals surface area contributed by atoms with Gasteiger partial charge in [-0.3, -0.25) is 4.79 Å². The molecule has 0 aliphatic carbocycles. The fourth-order valence-corrected chi connectivity index (χ4v) is 3.76. The standard InChI is InChI=1S/C24H25ClN4O/c1-2-18-3-7-20(8-4-18)22-11-12-23(27-26-22)28-13-15-29(16-14-28)24(30)17-19-5-9-21(25)10-6-19/h3-12H,2,13-17H2,1H3. The highest BCUT2D eigenvalue weighted by Gasteiger charge is 2.22. The van der Waals surface area contributed by atoms with E-state index in [2.05, 4.69) is 46.3 Å². The number of nitrogens with zero attached hydrogens (tertiary/aromatic N) is 4. The van der Waals surface area contributed by atoms with E-state index in [0.717, 1.165) is 42.1 Å². The molecule has 0 N–H and O–H groups in total. The van der Waals surface area contributed by atoms with Crippen molar-refractivity contribution >= 4 is 23.3 Å². The second kappa shape index (κ2) is 9.26. The second-order valence-corrected chi connectivity index (χ2v) is 7.93. The molecule has 1 aliphatic rings. The van der Waals surface area contributed by atoms with Gasteiger partial charge in [0, 0.05) is 36.8 Å². The number of anilines is 1. The summed E-state index contributed by atoms with van der Waals surface area (Å²) >= 11 is 5.92. The van der Waals surface area contributed by atoms with Crippen molar-refractivity contribution in [2.24, 2.45) is 0 Å². The van der Waals surface area contributed by atoms with Gasteiger partial charge in [0.1, 0.15) is 0 Å². The van der Waals surface area contributed by atoms with Gasteiger partial charge in [0.25, 0.3) is 0 Å². The van der Waals surface area contributed by atoms with Crippen LogP contribution in [-0.2, 0) is 17.6 Å². The monoisotopic (exact) mass is 420 g/mol. The van der Waals surface area contributed by atoms with E-state index in [1.807, 2.05) is 41.3 Å². The van der Waals surface area contributed by atoms with E-state index < -0.39 is 0 Å². The van der Waals surface area contributed by atoms with Crippen LogP contribution >= 0.6 is 11.6 Å². The van der Waals surface area contributed by atoms with Gasteiger partial charge in [-0.2, -0.15) is 0 Å². The summed E-state index contributed by atoms with van der Waals surface area (Å²) in [6, 6.07) is 19.9. The molecule has 3 aromatic rings. The summed E-state index contributed by atoms with van der Waals surface area (Å²) < 4.78 is 0. The number of benzene rings is 2. The maximum Gasteiger partial charge on any atom is 0.227 e. The normalized spacial score (nSPS) is 14.1. The van der Waals surface area contributed by atoms with Crippen molar-refractivity contribution < 1.29 is 4.79 Å². The van der Waals surface area contributed by atoms with Crippen LogP contribution in [0.4, 0.5) is 5.82 Å². The maximum atomic E-state index is 12.6. The Balaban J connectivity index is 1.33. The van der Waals surface area contributed by atoms with E-state index in [-0.39, 0.29) is 5.91 Å². The lowest BCUT2D eigenvalue weighted by atomic mass is 10.1. The molecular weight excluding hydrogens is 396 g/mol. The van der Waals surface area contributed by atoms with Crippen LogP contribution in [0.5, 0.6) is 0 Å². The average Bonchev–Trinajstić information content (AvgIpc) is 2.81. The molecule has 1 amide bonds. The van der Waals surface area contributed by atoms with Crippen LogP contribution in [-0.4, -0.2) is 47.2 Å². The van der Waals surface area contributed by atoms with Gasteiger partial charge in [-0.05, 0) is 41.8 Å². The lowest BCUT2D eigenvalue weighted by Gasteiger charge is -2.35. The Labute approximate surface area is 182 Å². The molecule has 0 saturated carbocycles. The minimum absolute atomic E-state index is 0.147. The summed E-state index contributed by atoms with van der Waals surface area (Å²) in [5, 5.41) is 9.53. The van der Waals surface area contributed by atoms with Gasteiger partial charge in [-0.15, -0.1) is 10.2 Å². The molecule has 4 rings (SSSR count). The number of hydrogen-bond donors (Lipinski definition) is 0. The van der Waals surface area contributed by atoms with Crippen LogP contribution in [0.1, 0.15) is 18.1 Å². The van der Waals surface area contributed by atoms with E-state index >= 15 is 0 Å². The Hall–Kier alpha value is -2.92. The number of aromatic nitrogens is 2. The van der Waals surface area contributed by atoms with Crippen molar-refractivity contribution in [3.63, 3.8) is 0 Å². The van der Waals surface area contributed by atoms with E-state index in [9.17, 15) is 4.79 Å². The molecular formula is C24H25ClN4O. The number of halogens is 1. The molecule has 30 heavy (non-hydrogen) atoms. The lowest BCUT2D eigenvalue weighted by molar-refractivity contribution is -0.130. The Kier molecular flexibility index (Phi) is 6.29. The molecule has 0 radical (unpaired) electrons. The van der Waals surface area contributed by atoms with Crippen LogP contribution in [0, 0.1) is 0 Å². The zero-order valence-corrected chi connectivity index (χ0v) is 17.8. The summed E-state index contributed by atoms with van der Waals surface area (Å²) in [5.41, 5.74) is 4.24. The number of rotatable bonds is 5. The van der Waals surface area contributed by atoms with E-state index in [0.29, 0.717) is 24.5 Å². The van der Waals surface area contributed by atoms with E-state index in [1.165, 1.54) is 5.56 Å². The molecule has 154 valence electrons. The predicted molar refractivity (Wildman–Crippen MR) is 121 cm³/mol. The third kappa shape index (κ3) is 4.79. The molecule has 0 bridgehead atoms. The largest absolute Gasteiger partial charge is 0.352 e. The first kappa shape index (κ1) is 20.4. The number of hydrogen-bond acceptors (Lipinski definition) is 4. The van der Waals surface area contributed by atoms with Crippen molar-refractivity contribution in [2.75, 3.05) is 31.1 Å². The third-order valence-electron chi connectivity index (χ3n) is 5.53. The molecule has 6 heteroatoms. The number of aryl methyl sites for hydroxylation is 1. The summed E-state index contributed by atoms with van der Waals surface area (Å²) in [4.78, 5) is 16.7. The minimum Gasteiger partial charge on any atom is -0.352 e. The maximum absolute atomic E-state index is 12.6. The fourth-order valence-electron chi connectivity index (χ4n) is 3.63. The Morgan fingerprint density at radius 3 is 2.13 bits per heavy atom. The van der Waals surface area contributed by atoms with Crippen molar-refractivity contribution in [1.29, 1.82) is 0 Å². The smallest absolute Gasteiger partial charge is 0.227 e. The number of piperazine rings is 1. The van der Waals surface area contributed by atoms with Crippen molar-refractivity contribution in [1.82, 2.24) is 15.1 Å². The topological polar surface area (TPSA) is 49.3 Å². The van der Waals surface area contributed by atoms with Crippen LogP contribution in [0.15, 0.2) is 60.7 Å². The van der Waals surface area contributed by atoms with E-state index in [1.54, 1.807) is 0 Å². The van der Waals surface area contributed by atoms with Crippen LogP contribution in [0.2, 0.25) is 5.02 Å². The molecule has 5 nitrogen and oxygen atoms in total. The first-order valence-electron chi connectivity index (χ1n) is 10.3. The highest BCUT2D eigenvalue weighted by atomic mass is 35.5. The van der Waals surface area contributed by atoms with Gasteiger partial charge in [0.15, 0.2) is 5.82 Å². The molecule has 0 atom stereocenters. The fraction of sp³-hybridized carbons (Fsp3) is 0.292. The van der Waals surface area contributed by atoms with Crippen LogP contribution in [0.3, 0.4) is 0 Å². The third-order valence-corrected chi connectivity index (χ3v) is 5.79. The second-order valence-electron chi connectivity index (χ2n) is 7.50. The zero-order chi connectivity index (χ0) is 20.9. The molecule has 2 aromatic carbocycles. The van der Waals surface area contributed by atoms with Gasteiger partial charge in [-0.1, -0.05) is 54.9 Å². The molecule has 2 heterocycles. The van der Waals surface area contributed by atoms with Gasteiger partial charge in [0.05, 0.1) is 12.1 Å². The summed E-state index contributed by atoms with van der Waals surface area (Å²) in [6.07, 6.45) is 1.43. The summed E-state index contributed by atoms with van der Waals surface area (Å²) in [5.74, 6) is 1.00. The number of amides is 1. The highest BCUT2D eigenvalue weighted by Crippen LogP contribution is 2.20. The predicted octanol–water partition coefficient (Wildman–Crippen LogP) is 4.25. The van der Waals surface area contributed by atoms with Gasteiger partial charge >= 0.3 is 0 Å². The average molecular weight is 421 g/mol. The highest BCUT2D eigenvalue weighted by molar-refractivity contribution is 6.30. The van der Waals surface area contributed by atoms with Gasteiger partial charge in [0.2, 0.25) is 5.91 Å². The molecule has 1 fully saturated rings. The molecule has 0 unspecified atom stereocenters. The van der Waals surface area contributed by atoms with Crippen molar-refractivity contribution in [3.05, 3.63) is 76.8 Å². The SMILES string of the molecule is CCc1ccc(-c2ccc(N3CCN(C(=O)Cc4ccc(Cl)cc4)CC3)nn2)cc1. The first-order valence-corrected chi connectivity index (χ1v) is 10.7. The minimum atomic E-state index is 0.147. The van der Waals surface area contributed by atoms with E-state index in [4.69, 9.17) is 11.6 Å². The number of carbonyl (C=O) groups is 1. The Bertz CT molecular complexity index is 979. The Morgan fingerprint density at radius 2 is 1.53 bits per heavy atom. The van der Waals surface area contributed by atoms with Crippen molar-refractivity contribution in [2.45, 2.75) is 19.8 Å². The molecule has 1 aromatic heterocycles. The summed E-state index contributed by atoms with van der Waals surface area (Å²) in [7, 11) is 0. The molecule has 1 aliphatic heterocycles. The van der Waals surface area contributed by atoms with Crippen LogP contribution < -0.4 is 4.90 Å². The zero-order valence-electron chi connectivity index (χ0n) is 17.1. The van der Waals surface area contributed by atoms with Gasteiger partial charge in [-0.25, -0.2) is 0 Å². The quantitative estimate of drug-likeness (QED) is 0.619. The number of carbonyl (C=O) groups excluding carboxylic acids is 1. The Morgan fingerprint density at radius 1 is 0.867 bits per heavy atom. The lowest BCUT2D eigenvalue weighted by Crippen LogP contribution is -2.49. The first-order chi connectivity index (χ1) is 14.6.